The first kappa shape index (κ1) is 19.9. The fraction of sp³-hybridized carbons (Fsp3) is 0.100. The van der Waals surface area contributed by atoms with Gasteiger partial charge in [-0.25, -0.2) is 9.37 Å². The number of methoxy groups -OCH3 is 1. The number of aromatic nitrogens is 1. The summed E-state index contributed by atoms with van der Waals surface area (Å²) in [6.07, 6.45) is 0. The summed E-state index contributed by atoms with van der Waals surface area (Å²) in [7, 11) is 1.30. The second-order valence-corrected chi connectivity index (χ2v) is 6.51. The standard InChI is InChI=1S/C20H15Cl2FN2O3/c1-27-20-13(21)8-7-12(18(20)23)15-9-14(24)17(22)19(25-15)16(26)10-28-11-5-3-2-4-6-11/h2-9H,10H2,1H3,(H2,24,25). The molecule has 3 aromatic rings. The Bertz CT molecular complexity index is 1030. The highest BCUT2D eigenvalue weighted by molar-refractivity contribution is 6.36. The minimum atomic E-state index is -0.719. The third-order valence-electron chi connectivity index (χ3n) is 3.89. The molecule has 0 atom stereocenters. The number of anilines is 1. The number of para-hydroxylation sites is 1. The van der Waals surface area contributed by atoms with E-state index < -0.39 is 11.6 Å². The van der Waals surface area contributed by atoms with Gasteiger partial charge in [-0.2, -0.15) is 0 Å². The minimum Gasteiger partial charge on any atom is -0.492 e. The SMILES string of the molecule is COc1c(Cl)ccc(-c2cc(N)c(Cl)c(C(=O)COc3ccccc3)n2)c1F. The Labute approximate surface area is 170 Å². The molecule has 0 unspecified atom stereocenters. The molecule has 2 aromatic carbocycles. The molecule has 8 heteroatoms. The summed E-state index contributed by atoms with van der Waals surface area (Å²) in [4.78, 5) is 16.8. The van der Waals surface area contributed by atoms with Gasteiger partial charge >= 0.3 is 0 Å². The molecule has 0 amide bonds. The molecule has 0 fully saturated rings. The van der Waals surface area contributed by atoms with Crippen molar-refractivity contribution in [1.82, 2.24) is 4.98 Å². The van der Waals surface area contributed by atoms with Gasteiger partial charge in [0, 0.05) is 5.56 Å². The molecule has 3 rings (SSSR count). The van der Waals surface area contributed by atoms with Crippen molar-refractivity contribution in [3.05, 3.63) is 70.1 Å². The summed E-state index contributed by atoms with van der Waals surface area (Å²) in [5, 5.41) is 0.0880. The number of halogens is 3. The highest BCUT2D eigenvalue weighted by Crippen LogP contribution is 2.36. The van der Waals surface area contributed by atoms with E-state index in [-0.39, 0.29) is 45.0 Å². The number of carbonyl (C=O) groups is 1. The van der Waals surface area contributed by atoms with Gasteiger partial charge in [0.2, 0.25) is 5.78 Å². The van der Waals surface area contributed by atoms with Gasteiger partial charge < -0.3 is 15.2 Å². The zero-order chi connectivity index (χ0) is 20.3. The maximum Gasteiger partial charge on any atom is 0.220 e. The van der Waals surface area contributed by atoms with Gasteiger partial charge in [-0.3, -0.25) is 4.79 Å². The lowest BCUT2D eigenvalue weighted by molar-refractivity contribution is 0.0917. The van der Waals surface area contributed by atoms with Crippen molar-refractivity contribution in [2.24, 2.45) is 0 Å². The molecule has 1 aromatic heterocycles. The van der Waals surface area contributed by atoms with Crippen LogP contribution < -0.4 is 15.2 Å². The maximum absolute atomic E-state index is 14.7. The van der Waals surface area contributed by atoms with Crippen LogP contribution in [0.15, 0.2) is 48.5 Å². The van der Waals surface area contributed by atoms with Crippen LogP contribution >= 0.6 is 23.2 Å². The molecule has 0 aliphatic carbocycles. The van der Waals surface area contributed by atoms with Crippen LogP contribution in [0.5, 0.6) is 11.5 Å². The number of hydrogen-bond donors (Lipinski definition) is 1. The Morgan fingerprint density at radius 3 is 2.57 bits per heavy atom. The Morgan fingerprint density at radius 1 is 1.18 bits per heavy atom. The monoisotopic (exact) mass is 420 g/mol. The van der Waals surface area contributed by atoms with E-state index in [4.69, 9.17) is 38.4 Å². The molecule has 5 nitrogen and oxygen atoms in total. The molecule has 2 N–H and O–H groups in total. The number of rotatable bonds is 6. The minimum absolute atomic E-state index is 0.0215. The van der Waals surface area contributed by atoms with Crippen molar-refractivity contribution in [1.29, 1.82) is 0 Å². The number of pyridine rings is 1. The number of Topliss-reactive ketones (excluding diaryl/α,β-unsaturated/α-hetero) is 1. The van der Waals surface area contributed by atoms with E-state index in [0.717, 1.165) is 0 Å². The van der Waals surface area contributed by atoms with Gasteiger partial charge in [-0.1, -0.05) is 41.4 Å². The Hall–Kier alpha value is -2.83. The first-order chi connectivity index (χ1) is 13.4. The van der Waals surface area contributed by atoms with Crippen LogP contribution in [0.3, 0.4) is 0 Å². The second-order valence-electron chi connectivity index (χ2n) is 5.73. The molecule has 0 saturated carbocycles. The molecule has 0 aliphatic heterocycles. The predicted molar refractivity (Wildman–Crippen MR) is 107 cm³/mol. The van der Waals surface area contributed by atoms with Crippen molar-refractivity contribution in [2.75, 3.05) is 19.5 Å². The Kier molecular flexibility index (Phi) is 6.02. The number of hydrogen-bond acceptors (Lipinski definition) is 5. The van der Waals surface area contributed by atoms with Crippen molar-refractivity contribution in [3.8, 4) is 22.8 Å². The molecular formula is C20H15Cl2FN2O3. The molecule has 1 heterocycles. The molecule has 0 spiro atoms. The first-order valence-electron chi connectivity index (χ1n) is 8.11. The smallest absolute Gasteiger partial charge is 0.220 e. The van der Waals surface area contributed by atoms with Crippen molar-refractivity contribution < 1.29 is 18.7 Å². The van der Waals surface area contributed by atoms with Crippen LogP contribution in [0.4, 0.5) is 10.1 Å². The Balaban J connectivity index is 1.96. The van der Waals surface area contributed by atoms with E-state index in [9.17, 15) is 9.18 Å². The lowest BCUT2D eigenvalue weighted by Gasteiger charge is -2.12. The summed E-state index contributed by atoms with van der Waals surface area (Å²) < 4.78 is 25.1. The maximum atomic E-state index is 14.7. The summed E-state index contributed by atoms with van der Waals surface area (Å²) in [6, 6.07) is 13.1. The van der Waals surface area contributed by atoms with E-state index >= 15 is 0 Å². The summed E-state index contributed by atoms with van der Waals surface area (Å²) >= 11 is 12.1. The van der Waals surface area contributed by atoms with Crippen LogP contribution in [0, 0.1) is 5.82 Å². The zero-order valence-corrected chi connectivity index (χ0v) is 16.2. The summed E-state index contributed by atoms with van der Waals surface area (Å²) in [6.45, 7) is -0.300. The topological polar surface area (TPSA) is 74.4 Å². The van der Waals surface area contributed by atoms with E-state index in [1.807, 2.05) is 6.07 Å². The third-order valence-corrected chi connectivity index (χ3v) is 4.59. The number of carbonyl (C=O) groups excluding carboxylic acids is 1. The number of nitrogens with zero attached hydrogens (tertiary/aromatic N) is 1. The molecule has 144 valence electrons. The number of ketones is 1. The van der Waals surface area contributed by atoms with Gasteiger partial charge in [-0.15, -0.1) is 0 Å². The number of nitrogen functional groups attached to an aromatic ring is 1. The highest BCUT2D eigenvalue weighted by atomic mass is 35.5. The van der Waals surface area contributed by atoms with E-state index in [0.29, 0.717) is 5.75 Å². The number of nitrogens with two attached hydrogens (primary N) is 1. The molecule has 0 radical (unpaired) electrons. The fourth-order valence-electron chi connectivity index (χ4n) is 2.52. The van der Waals surface area contributed by atoms with Gasteiger partial charge in [-0.05, 0) is 30.3 Å². The van der Waals surface area contributed by atoms with E-state index in [2.05, 4.69) is 4.98 Å². The lowest BCUT2D eigenvalue weighted by atomic mass is 10.1. The van der Waals surface area contributed by atoms with Gasteiger partial charge in [0.05, 0.1) is 28.5 Å². The van der Waals surface area contributed by atoms with Crippen molar-refractivity contribution >= 4 is 34.7 Å². The molecule has 0 aliphatic rings. The Morgan fingerprint density at radius 2 is 1.89 bits per heavy atom. The average Bonchev–Trinajstić information content (AvgIpc) is 2.69. The van der Waals surface area contributed by atoms with Crippen molar-refractivity contribution in [3.63, 3.8) is 0 Å². The van der Waals surface area contributed by atoms with Crippen molar-refractivity contribution in [2.45, 2.75) is 0 Å². The second kappa shape index (κ2) is 8.46. The summed E-state index contributed by atoms with van der Waals surface area (Å²) in [5.41, 5.74) is 6.08. The molecular weight excluding hydrogens is 406 g/mol. The first-order valence-corrected chi connectivity index (χ1v) is 8.87. The highest BCUT2D eigenvalue weighted by Gasteiger charge is 2.21. The number of ether oxygens (including phenoxy) is 2. The summed E-state index contributed by atoms with van der Waals surface area (Å²) in [5.74, 6) is -0.828. The van der Waals surface area contributed by atoms with Crippen LogP contribution in [0.1, 0.15) is 10.5 Å². The van der Waals surface area contributed by atoms with E-state index in [1.54, 1.807) is 24.3 Å². The normalized spacial score (nSPS) is 10.6. The average molecular weight is 421 g/mol. The predicted octanol–water partition coefficient (Wildman–Crippen LogP) is 5.05. The van der Waals surface area contributed by atoms with Crippen LogP contribution in [-0.4, -0.2) is 24.5 Å². The lowest BCUT2D eigenvalue weighted by Crippen LogP contribution is -2.15. The van der Waals surface area contributed by atoms with Crippen LogP contribution in [0.2, 0.25) is 10.0 Å². The quantitative estimate of drug-likeness (QED) is 0.564. The molecule has 0 bridgehead atoms. The van der Waals surface area contributed by atoms with Gasteiger partial charge in [0.15, 0.2) is 18.2 Å². The van der Waals surface area contributed by atoms with Crippen LogP contribution in [-0.2, 0) is 0 Å². The van der Waals surface area contributed by atoms with Gasteiger partial charge in [0.1, 0.15) is 11.4 Å². The fourth-order valence-corrected chi connectivity index (χ4v) is 2.95. The third kappa shape index (κ3) is 4.03. The largest absolute Gasteiger partial charge is 0.492 e. The number of benzene rings is 2. The van der Waals surface area contributed by atoms with Gasteiger partial charge in [0.25, 0.3) is 0 Å². The molecule has 28 heavy (non-hydrogen) atoms. The van der Waals surface area contributed by atoms with Crippen LogP contribution in [0.25, 0.3) is 11.3 Å². The van der Waals surface area contributed by atoms with E-state index in [1.165, 1.54) is 25.3 Å². The molecule has 0 saturated heterocycles. The zero-order valence-electron chi connectivity index (χ0n) is 14.7.